The summed E-state index contributed by atoms with van der Waals surface area (Å²) in [7, 11) is 0. The Balaban J connectivity index is 2.21. The van der Waals surface area contributed by atoms with E-state index in [9.17, 15) is 0 Å². The fourth-order valence-electron chi connectivity index (χ4n) is 1.26. The Kier molecular flexibility index (Phi) is 3.66. The second kappa shape index (κ2) is 5.21. The Morgan fingerprint density at radius 1 is 1.24 bits per heavy atom. The van der Waals surface area contributed by atoms with E-state index in [4.69, 9.17) is 22.7 Å². The van der Waals surface area contributed by atoms with Crippen LogP contribution >= 0.6 is 23.4 Å². The van der Waals surface area contributed by atoms with Crippen LogP contribution in [0.4, 0.5) is 0 Å². The van der Waals surface area contributed by atoms with E-state index in [0.29, 0.717) is 10.6 Å². The van der Waals surface area contributed by atoms with Crippen LogP contribution in [0.15, 0.2) is 52.5 Å². The number of amidine groups is 1. The van der Waals surface area contributed by atoms with Gasteiger partial charge in [-0.3, -0.25) is 5.41 Å². The molecule has 1 aromatic carbocycles. The summed E-state index contributed by atoms with van der Waals surface area (Å²) in [6.07, 6.45) is 1.65. The molecule has 2 aromatic rings. The van der Waals surface area contributed by atoms with Crippen LogP contribution < -0.4 is 5.73 Å². The number of nitrogens with zero attached hydrogens (tertiary/aromatic N) is 1. The molecular weight excluding hydrogens is 254 g/mol. The highest BCUT2D eigenvalue weighted by Gasteiger charge is 2.02. The number of nitrogen functional groups attached to an aromatic ring is 1. The minimum atomic E-state index is 0.0466. The number of nitrogens with one attached hydrogen (secondary N) is 1. The summed E-state index contributed by atoms with van der Waals surface area (Å²) < 4.78 is 0. The number of benzene rings is 1. The van der Waals surface area contributed by atoms with Gasteiger partial charge in [-0.15, -0.1) is 0 Å². The third-order valence-corrected chi connectivity index (χ3v) is 3.27. The predicted molar refractivity (Wildman–Crippen MR) is 70.8 cm³/mol. The minimum Gasteiger partial charge on any atom is -0.384 e. The molecule has 0 bridgehead atoms. The highest BCUT2D eigenvalue weighted by atomic mass is 35.5. The normalized spacial score (nSPS) is 10.2. The van der Waals surface area contributed by atoms with E-state index >= 15 is 0 Å². The Labute approximate surface area is 109 Å². The smallest absolute Gasteiger partial charge is 0.122 e. The number of hydrogen-bond acceptors (Lipinski definition) is 3. The fourth-order valence-corrected chi connectivity index (χ4v) is 2.20. The minimum absolute atomic E-state index is 0.0466. The van der Waals surface area contributed by atoms with Gasteiger partial charge in [-0.1, -0.05) is 23.4 Å². The van der Waals surface area contributed by atoms with Crippen molar-refractivity contribution in [2.45, 2.75) is 9.92 Å². The first-order valence-electron chi connectivity index (χ1n) is 4.89. The summed E-state index contributed by atoms with van der Waals surface area (Å²) in [6, 6.07) is 11.0. The molecule has 2 rings (SSSR count). The molecule has 0 radical (unpaired) electrons. The molecule has 0 unspecified atom stereocenters. The molecule has 0 aliphatic heterocycles. The molecule has 3 N–H and O–H groups in total. The Morgan fingerprint density at radius 3 is 2.59 bits per heavy atom. The Hall–Kier alpha value is -1.52. The van der Waals surface area contributed by atoms with Crippen LogP contribution in [-0.2, 0) is 0 Å². The van der Waals surface area contributed by atoms with Gasteiger partial charge in [0.05, 0.1) is 0 Å². The van der Waals surface area contributed by atoms with E-state index in [0.717, 1.165) is 9.92 Å². The van der Waals surface area contributed by atoms with Crippen molar-refractivity contribution in [3.05, 3.63) is 53.2 Å². The zero-order valence-electron chi connectivity index (χ0n) is 8.85. The molecule has 3 nitrogen and oxygen atoms in total. The third kappa shape index (κ3) is 3.22. The van der Waals surface area contributed by atoms with Gasteiger partial charge in [-0.05, 0) is 36.4 Å². The monoisotopic (exact) mass is 263 g/mol. The lowest BCUT2D eigenvalue weighted by molar-refractivity contribution is 1.12. The summed E-state index contributed by atoms with van der Waals surface area (Å²) in [5, 5.41) is 8.88. The van der Waals surface area contributed by atoms with Gasteiger partial charge in [0.1, 0.15) is 10.9 Å². The molecule has 0 saturated heterocycles. The number of nitrogens with two attached hydrogens (primary N) is 1. The number of aromatic nitrogens is 1. The topological polar surface area (TPSA) is 62.8 Å². The maximum atomic E-state index is 7.36. The van der Waals surface area contributed by atoms with Crippen molar-refractivity contribution in [3.63, 3.8) is 0 Å². The molecule has 17 heavy (non-hydrogen) atoms. The van der Waals surface area contributed by atoms with Crippen LogP contribution in [0.25, 0.3) is 0 Å². The molecule has 1 aromatic heterocycles. The number of halogens is 1. The lowest BCUT2D eigenvalue weighted by Crippen LogP contribution is -2.10. The summed E-state index contributed by atoms with van der Waals surface area (Å²) in [5.74, 6) is 0.0466. The van der Waals surface area contributed by atoms with Crippen LogP contribution in [0, 0.1) is 5.41 Å². The standard InChI is InChI=1S/C12H10ClN3S/c13-9-1-3-10(4-2-9)17-11-7-8(12(14)15)5-6-16-11/h1-7H,(H3,14,15). The van der Waals surface area contributed by atoms with Gasteiger partial charge in [-0.25, -0.2) is 4.98 Å². The summed E-state index contributed by atoms with van der Waals surface area (Å²) in [5.41, 5.74) is 6.10. The summed E-state index contributed by atoms with van der Waals surface area (Å²) in [6.45, 7) is 0. The van der Waals surface area contributed by atoms with Gasteiger partial charge in [-0.2, -0.15) is 0 Å². The van der Waals surface area contributed by atoms with Crippen LogP contribution in [0.5, 0.6) is 0 Å². The molecule has 0 spiro atoms. The van der Waals surface area contributed by atoms with Gasteiger partial charge in [0.25, 0.3) is 0 Å². The van der Waals surface area contributed by atoms with E-state index in [1.165, 1.54) is 11.8 Å². The quantitative estimate of drug-likeness (QED) is 0.660. The number of rotatable bonds is 3. The summed E-state index contributed by atoms with van der Waals surface area (Å²) in [4.78, 5) is 5.26. The molecule has 0 fully saturated rings. The zero-order valence-corrected chi connectivity index (χ0v) is 10.4. The maximum Gasteiger partial charge on any atom is 0.122 e. The predicted octanol–water partition coefficient (Wildman–Crippen LogP) is 3.17. The van der Waals surface area contributed by atoms with Crippen molar-refractivity contribution in [2.75, 3.05) is 0 Å². The molecule has 0 amide bonds. The SMILES string of the molecule is N=C(N)c1ccnc(Sc2ccc(Cl)cc2)c1. The first-order chi connectivity index (χ1) is 8.15. The first-order valence-corrected chi connectivity index (χ1v) is 6.08. The van der Waals surface area contributed by atoms with E-state index in [2.05, 4.69) is 4.98 Å². The highest BCUT2D eigenvalue weighted by molar-refractivity contribution is 7.99. The average Bonchev–Trinajstić information content (AvgIpc) is 2.32. The third-order valence-electron chi connectivity index (χ3n) is 2.08. The molecule has 0 atom stereocenters. The molecular formula is C12H10ClN3S. The maximum absolute atomic E-state index is 7.36. The molecule has 5 heteroatoms. The van der Waals surface area contributed by atoms with Gasteiger partial charge in [0.15, 0.2) is 0 Å². The van der Waals surface area contributed by atoms with Crippen molar-refractivity contribution in [1.29, 1.82) is 5.41 Å². The van der Waals surface area contributed by atoms with Crippen LogP contribution in [0.2, 0.25) is 5.02 Å². The van der Waals surface area contributed by atoms with Crippen molar-refractivity contribution in [3.8, 4) is 0 Å². The van der Waals surface area contributed by atoms with E-state index in [1.807, 2.05) is 24.3 Å². The van der Waals surface area contributed by atoms with Crippen molar-refractivity contribution < 1.29 is 0 Å². The molecule has 0 saturated carbocycles. The first kappa shape index (κ1) is 12.0. The average molecular weight is 264 g/mol. The molecule has 0 aliphatic rings. The van der Waals surface area contributed by atoms with E-state index in [1.54, 1.807) is 18.3 Å². The van der Waals surface area contributed by atoms with E-state index < -0.39 is 0 Å². The van der Waals surface area contributed by atoms with E-state index in [-0.39, 0.29) is 5.84 Å². The Bertz CT molecular complexity index is 540. The summed E-state index contributed by atoms with van der Waals surface area (Å²) >= 11 is 7.32. The highest BCUT2D eigenvalue weighted by Crippen LogP contribution is 2.27. The van der Waals surface area contributed by atoms with Crippen molar-refractivity contribution >= 4 is 29.2 Å². The van der Waals surface area contributed by atoms with Crippen LogP contribution in [0.1, 0.15) is 5.56 Å². The van der Waals surface area contributed by atoms with Gasteiger partial charge in [0.2, 0.25) is 0 Å². The lowest BCUT2D eigenvalue weighted by Gasteiger charge is -2.03. The molecule has 1 heterocycles. The van der Waals surface area contributed by atoms with Gasteiger partial charge >= 0.3 is 0 Å². The van der Waals surface area contributed by atoms with Gasteiger partial charge < -0.3 is 5.73 Å². The zero-order chi connectivity index (χ0) is 12.3. The van der Waals surface area contributed by atoms with Crippen molar-refractivity contribution in [1.82, 2.24) is 4.98 Å². The van der Waals surface area contributed by atoms with Crippen LogP contribution in [-0.4, -0.2) is 10.8 Å². The Morgan fingerprint density at radius 2 is 1.94 bits per heavy atom. The van der Waals surface area contributed by atoms with Crippen molar-refractivity contribution in [2.24, 2.45) is 5.73 Å². The number of hydrogen-bond donors (Lipinski definition) is 2. The largest absolute Gasteiger partial charge is 0.384 e. The second-order valence-electron chi connectivity index (χ2n) is 3.35. The number of pyridine rings is 1. The molecule has 86 valence electrons. The lowest BCUT2D eigenvalue weighted by atomic mass is 10.2. The fraction of sp³-hybridized carbons (Fsp3) is 0. The molecule has 0 aliphatic carbocycles. The second-order valence-corrected chi connectivity index (χ2v) is 4.88. The van der Waals surface area contributed by atoms with Crippen LogP contribution in [0.3, 0.4) is 0 Å². The van der Waals surface area contributed by atoms with Gasteiger partial charge in [0, 0.05) is 21.7 Å².